The predicted octanol–water partition coefficient (Wildman–Crippen LogP) is 1.36. The molecule has 0 aliphatic rings. The van der Waals surface area contributed by atoms with Crippen LogP contribution < -0.4 is 5.56 Å². The second kappa shape index (κ2) is 5.34. The van der Waals surface area contributed by atoms with E-state index in [1.807, 2.05) is 0 Å². The molecule has 7 nitrogen and oxygen atoms in total. The number of nitrogens with zero attached hydrogens (tertiary/aromatic N) is 4. The number of carboxylic acid groups (broad SMARTS) is 1. The molecule has 0 saturated heterocycles. The van der Waals surface area contributed by atoms with Crippen LogP contribution in [0.5, 0.6) is 0 Å². The first-order chi connectivity index (χ1) is 10.1. The number of aryl methyl sites for hydroxylation is 1. The van der Waals surface area contributed by atoms with Crippen molar-refractivity contribution in [2.24, 2.45) is 7.05 Å². The molecule has 0 radical (unpaired) electrons. The minimum atomic E-state index is -0.966. The van der Waals surface area contributed by atoms with Gasteiger partial charge in [-0.05, 0) is 11.4 Å². The Morgan fingerprint density at radius 2 is 2.29 bits per heavy atom. The average molecular weight is 322 g/mol. The van der Waals surface area contributed by atoms with Crippen LogP contribution in [0.1, 0.15) is 0 Å². The van der Waals surface area contributed by atoms with Crippen molar-refractivity contribution in [3.63, 3.8) is 0 Å². The minimum absolute atomic E-state index is 0.172. The molecule has 0 bridgehead atoms. The highest BCUT2D eigenvalue weighted by molar-refractivity contribution is 7.99. The zero-order valence-electron chi connectivity index (χ0n) is 10.9. The van der Waals surface area contributed by atoms with Crippen molar-refractivity contribution in [3.8, 4) is 5.82 Å². The van der Waals surface area contributed by atoms with Gasteiger partial charge in [-0.2, -0.15) is 5.10 Å². The third-order valence-electron chi connectivity index (χ3n) is 2.70. The van der Waals surface area contributed by atoms with Crippen LogP contribution in [0, 0.1) is 0 Å². The zero-order chi connectivity index (χ0) is 15.0. The van der Waals surface area contributed by atoms with E-state index in [1.54, 1.807) is 35.4 Å². The minimum Gasteiger partial charge on any atom is -0.481 e. The molecule has 0 aromatic carbocycles. The number of carbonyl (C=O) groups is 1. The number of aromatic nitrogens is 4. The van der Waals surface area contributed by atoms with E-state index >= 15 is 0 Å². The van der Waals surface area contributed by atoms with Gasteiger partial charge in [0.1, 0.15) is 4.70 Å². The molecule has 3 aromatic rings. The second-order valence-electron chi connectivity index (χ2n) is 4.20. The largest absolute Gasteiger partial charge is 0.481 e. The molecule has 0 aliphatic heterocycles. The van der Waals surface area contributed by atoms with Crippen molar-refractivity contribution < 1.29 is 9.90 Å². The fourth-order valence-electron chi connectivity index (χ4n) is 1.84. The Morgan fingerprint density at radius 1 is 1.48 bits per heavy atom. The highest BCUT2D eigenvalue weighted by Crippen LogP contribution is 2.22. The predicted molar refractivity (Wildman–Crippen MR) is 80.3 cm³/mol. The lowest BCUT2D eigenvalue weighted by Gasteiger charge is -2.08. The molecular formula is C12H10N4O3S2. The van der Waals surface area contributed by atoms with Gasteiger partial charge in [0.25, 0.3) is 5.56 Å². The first-order valence-electron chi connectivity index (χ1n) is 5.91. The van der Waals surface area contributed by atoms with Crippen molar-refractivity contribution in [2.75, 3.05) is 5.75 Å². The SMILES string of the molecule is Cn1ccc(-n2c(SCC(=O)O)nc3ccsc3c2=O)n1. The third kappa shape index (κ3) is 2.57. The molecule has 0 unspecified atom stereocenters. The molecule has 0 atom stereocenters. The highest BCUT2D eigenvalue weighted by atomic mass is 32.2. The molecule has 0 saturated carbocycles. The summed E-state index contributed by atoms with van der Waals surface area (Å²) in [5.41, 5.74) is 0.339. The van der Waals surface area contributed by atoms with Crippen molar-refractivity contribution in [1.29, 1.82) is 0 Å². The Labute approximate surface area is 126 Å². The number of rotatable bonds is 4. The van der Waals surface area contributed by atoms with Crippen molar-refractivity contribution in [3.05, 3.63) is 34.1 Å². The van der Waals surface area contributed by atoms with Crippen LogP contribution in [0.2, 0.25) is 0 Å². The molecule has 21 heavy (non-hydrogen) atoms. The Hall–Kier alpha value is -2.13. The van der Waals surface area contributed by atoms with Crippen molar-refractivity contribution in [1.82, 2.24) is 19.3 Å². The smallest absolute Gasteiger partial charge is 0.313 e. The topological polar surface area (TPSA) is 90.0 Å². The van der Waals surface area contributed by atoms with E-state index in [2.05, 4.69) is 10.1 Å². The molecule has 0 spiro atoms. The first-order valence-corrected chi connectivity index (χ1v) is 7.77. The lowest BCUT2D eigenvalue weighted by Crippen LogP contribution is -2.22. The Kier molecular flexibility index (Phi) is 3.52. The van der Waals surface area contributed by atoms with Crippen LogP contribution in [0.25, 0.3) is 16.0 Å². The summed E-state index contributed by atoms with van der Waals surface area (Å²) < 4.78 is 3.46. The Balaban J connectivity index is 2.22. The van der Waals surface area contributed by atoms with Crippen LogP contribution in [0.15, 0.2) is 33.7 Å². The van der Waals surface area contributed by atoms with E-state index in [4.69, 9.17) is 5.11 Å². The van der Waals surface area contributed by atoms with E-state index in [-0.39, 0.29) is 11.3 Å². The summed E-state index contributed by atoms with van der Waals surface area (Å²) in [6.07, 6.45) is 1.71. The quantitative estimate of drug-likeness (QED) is 0.576. The fraction of sp³-hybridized carbons (Fsp3) is 0.167. The maximum Gasteiger partial charge on any atom is 0.313 e. The monoisotopic (exact) mass is 322 g/mol. The van der Waals surface area contributed by atoms with Crippen LogP contribution in [-0.4, -0.2) is 36.2 Å². The number of aliphatic carboxylic acids is 1. The van der Waals surface area contributed by atoms with Gasteiger partial charge in [0.15, 0.2) is 11.0 Å². The normalized spacial score (nSPS) is 11.1. The molecule has 108 valence electrons. The highest BCUT2D eigenvalue weighted by Gasteiger charge is 2.16. The van der Waals surface area contributed by atoms with Gasteiger partial charge in [-0.15, -0.1) is 11.3 Å². The number of thioether (sulfide) groups is 1. The summed E-state index contributed by atoms with van der Waals surface area (Å²) in [7, 11) is 1.75. The number of fused-ring (bicyclic) bond motifs is 1. The van der Waals surface area contributed by atoms with Crippen molar-refractivity contribution >= 4 is 39.3 Å². The fourth-order valence-corrected chi connectivity index (χ4v) is 3.32. The summed E-state index contributed by atoms with van der Waals surface area (Å²) in [5.74, 6) is -0.708. The Bertz CT molecular complexity index is 880. The maximum absolute atomic E-state index is 12.6. The summed E-state index contributed by atoms with van der Waals surface area (Å²) in [6, 6.07) is 3.43. The van der Waals surface area contributed by atoms with Gasteiger partial charge < -0.3 is 5.11 Å². The molecule has 0 amide bonds. The van der Waals surface area contributed by atoms with E-state index in [0.29, 0.717) is 21.2 Å². The van der Waals surface area contributed by atoms with Crippen LogP contribution in [0.4, 0.5) is 0 Å². The molecular weight excluding hydrogens is 312 g/mol. The number of hydrogen-bond acceptors (Lipinski definition) is 6. The molecule has 3 heterocycles. The van der Waals surface area contributed by atoms with Gasteiger partial charge in [0, 0.05) is 19.3 Å². The zero-order valence-corrected chi connectivity index (χ0v) is 12.5. The van der Waals surface area contributed by atoms with Gasteiger partial charge in [0.2, 0.25) is 0 Å². The lowest BCUT2D eigenvalue weighted by atomic mass is 10.4. The van der Waals surface area contributed by atoms with Crippen LogP contribution in [-0.2, 0) is 11.8 Å². The molecule has 0 fully saturated rings. The molecule has 9 heteroatoms. The molecule has 0 aliphatic carbocycles. The van der Waals surface area contributed by atoms with Gasteiger partial charge >= 0.3 is 5.97 Å². The summed E-state index contributed by atoms with van der Waals surface area (Å²) in [5, 5.41) is 15.1. The summed E-state index contributed by atoms with van der Waals surface area (Å²) in [6.45, 7) is 0. The van der Waals surface area contributed by atoms with E-state index < -0.39 is 5.97 Å². The average Bonchev–Trinajstić information content (AvgIpc) is 3.05. The second-order valence-corrected chi connectivity index (χ2v) is 6.06. The van der Waals surface area contributed by atoms with E-state index in [9.17, 15) is 9.59 Å². The lowest BCUT2D eigenvalue weighted by molar-refractivity contribution is -0.133. The van der Waals surface area contributed by atoms with Gasteiger partial charge in [0.05, 0.1) is 11.3 Å². The molecule has 3 rings (SSSR count). The van der Waals surface area contributed by atoms with Gasteiger partial charge in [-0.3, -0.25) is 14.3 Å². The number of hydrogen-bond donors (Lipinski definition) is 1. The molecule has 1 N–H and O–H groups in total. The standard InChI is InChI=1S/C12H10N4O3S2/c1-15-4-2-8(14-15)16-11(19)10-7(3-5-20-10)13-12(16)21-6-9(17)18/h2-5H,6H2,1H3,(H,17,18). The van der Waals surface area contributed by atoms with E-state index in [1.165, 1.54) is 15.9 Å². The van der Waals surface area contributed by atoms with Crippen molar-refractivity contribution in [2.45, 2.75) is 5.16 Å². The summed E-state index contributed by atoms with van der Waals surface area (Å²) in [4.78, 5) is 27.7. The van der Waals surface area contributed by atoms with E-state index in [0.717, 1.165) is 11.8 Å². The number of carboxylic acids is 1. The van der Waals surface area contributed by atoms with Crippen LogP contribution >= 0.6 is 23.1 Å². The van der Waals surface area contributed by atoms with Gasteiger partial charge in [-0.25, -0.2) is 9.55 Å². The molecule has 3 aromatic heterocycles. The number of thiophene rings is 1. The van der Waals surface area contributed by atoms with Crippen LogP contribution in [0.3, 0.4) is 0 Å². The Morgan fingerprint density at radius 3 is 2.95 bits per heavy atom. The first kappa shape index (κ1) is 13.8. The third-order valence-corrected chi connectivity index (χ3v) is 4.52. The van der Waals surface area contributed by atoms with Gasteiger partial charge in [-0.1, -0.05) is 11.8 Å². The summed E-state index contributed by atoms with van der Waals surface area (Å²) >= 11 is 2.31. The maximum atomic E-state index is 12.6.